The zero-order valence-corrected chi connectivity index (χ0v) is 61.0. The Morgan fingerprint density at radius 1 is 0.766 bits per heavy atom. The normalized spacial score (nSPS) is 22.4. The third-order valence-corrected chi connectivity index (χ3v) is 18.7. The van der Waals surface area contributed by atoms with Gasteiger partial charge in [-0.25, -0.2) is 29.7 Å². The smallest absolute Gasteiger partial charge is 0.404 e. The maximum absolute atomic E-state index is 15.2. The van der Waals surface area contributed by atoms with Crippen LogP contribution in [0.3, 0.4) is 0 Å². The van der Waals surface area contributed by atoms with E-state index < -0.39 is 189 Å². The molecule has 0 spiro atoms. The summed E-state index contributed by atoms with van der Waals surface area (Å²) < 4.78 is 28.8. The molecule has 44 nitrogen and oxygen atoms in total. The molecular weight excluding hydrogens is 1480 g/mol. The number of nitrogen functional groups attached to an aromatic ring is 1. The molecule has 0 bridgehead atoms. The molecule has 0 radical (unpaired) electrons. The van der Waals surface area contributed by atoms with Crippen molar-refractivity contribution in [3.05, 3.63) is 56.8 Å². The highest BCUT2D eigenvalue weighted by Crippen LogP contribution is 2.35. The Morgan fingerprint density at radius 3 is 2.06 bits per heavy atom. The number of aliphatic imine (C=N–C) groups is 1. The number of aliphatic hydroxyl groups excluding tert-OH is 8. The molecule has 8 amide bonds. The number of aromatic amines is 1. The van der Waals surface area contributed by atoms with E-state index in [9.17, 15) is 74.4 Å². The highest BCUT2D eigenvalue weighted by atomic mass is 35.5. The lowest BCUT2D eigenvalue weighted by Gasteiger charge is -2.47. The van der Waals surface area contributed by atoms with Gasteiger partial charge >= 0.3 is 6.09 Å². The lowest BCUT2D eigenvalue weighted by atomic mass is 9.96. The third kappa shape index (κ3) is 25.1. The summed E-state index contributed by atoms with van der Waals surface area (Å²) in [6, 6.07) is -7.93. The van der Waals surface area contributed by atoms with E-state index in [1.807, 2.05) is 0 Å². The molecule has 19 atom stereocenters. The highest BCUT2D eigenvalue weighted by Gasteiger charge is 2.54. The molecule has 107 heavy (non-hydrogen) atoms. The molecule has 6 rings (SSSR count). The number of primary amides is 3. The number of hydrogen-bond acceptors (Lipinski definition) is 33. The molecule has 2 fully saturated rings. The van der Waals surface area contributed by atoms with Crippen molar-refractivity contribution >= 4 is 100 Å². The van der Waals surface area contributed by atoms with E-state index >= 15 is 4.79 Å². The Labute approximate surface area is 625 Å². The Morgan fingerprint density at radius 2 is 1.44 bits per heavy atom. The molecule has 6 heterocycles. The van der Waals surface area contributed by atoms with Crippen LogP contribution in [0.4, 0.5) is 10.6 Å². The number of carbonyl (C=O) groups excluding carboxylic acids is 8. The quantitative estimate of drug-likeness (QED) is 0.0111. The van der Waals surface area contributed by atoms with Gasteiger partial charge in [0.1, 0.15) is 94.6 Å². The van der Waals surface area contributed by atoms with Gasteiger partial charge in [0.15, 0.2) is 30.6 Å². The molecule has 47 heteroatoms. The van der Waals surface area contributed by atoms with Crippen molar-refractivity contribution in [3.63, 3.8) is 0 Å². The number of ether oxygens (including phenoxy) is 5. The standard InChI is InChI=1S/C60H95N23O21S2.ClH/c1-23-36(79-49(82-47(23)63)28(15-34(62)87)74-16-27(61)48(64)93)53(97)81-38(44(29-17-70-22-75-29)102-57-46(42(91)40(89)32(18-84)101-57)103-56-43(92)45(104-60(69)99)41(90)33(19-85)100-56)54(98)76-25(3)39(88)24(2)50(94)80-37(26(4)86)52(96)72-12-9-35-77-31(21-105-35)55-78-30(20-106-55)51(95)71-10-5-7-13-83(59(67)68)14-8-6-11-73-58(65)66;/h17,20-22,24-28,32-33,37-46,56-57,74,84-86,88-92H,5-16,18-19,61H2,1-4H3,(H2,62,87)(H2,64,93)(H3,67,68)(H2,69,99)(H,70,75)(H,71,95)(H,72,96)(H,76,98)(H,80,94)(H,81,97)(H2,63,79,82)(H4,65,66,73);1H/t24?,25?,26?,27?,28?,32-,33+,37?,38?,39?,40+,41+,42+,43-,44?,45-,46-,56+,57-;/m0./s1. The number of amides is 8. The predicted molar refractivity (Wildman–Crippen MR) is 380 cm³/mol. The second-order valence-electron chi connectivity index (χ2n) is 24.9. The number of aromatic nitrogens is 6. The Balaban J connectivity index is 0.0000205. The van der Waals surface area contributed by atoms with Gasteiger partial charge in [-0.05, 0) is 46.5 Å². The molecule has 596 valence electrons. The average Bonchev–Trinajstić information content (AvgIpc) is 1.34. The van der Waals surface area contributed by atoms with Crippen LogP contribution >= 0.6 is 35.1 Å². The summed E-state index contributed by atoms with van der Waals surface area (Å²) in [5, 5.41) is 116. The van der Waals surface area contributed by atoms with E-state index in [2.05, 4.69) is 66.8 Å². The van der Waals surface area contributed by atoms with E-state index in [1.54, 1.807) is 15.7 Å². The Hall–Kier alpha value is -8.82. The summed E-state index contributed by atoms with van der Waals surface area (Å²) in [5.74, 6) is -8.95. The minimum Gasteiger partial charge on any atom is -0.441 e. The van der Waals surface area contributed by atoms with Crippen molar-refractivity contribution in [3.8, 4) is 10.7 Å². The SMILES string of the molecule is Cc1c(N)nc(C(CC(N)=O)NCC(N)C(N)=O)nc1C(=O)NC(C(=O)NC(C)C(O)C(C)C(=O)NC(C(=O)NCCc1nc(-c2nc(C(=O)NCCCCN(CCCCN=C(N)N)C(=N)N)cs2)cs1)C(C)O)C(O[C@@H]1O[C@@H](CO)[C@@H](O)[C@@H](O)[C@@H]1O[C@H]1O[C@H](CO)[C@@H](O)[C@H](OC(N)=O)[C@@H]1O)c1cnc[nH]1.Cl. The first-order valence-electron chi connectivity index (χ1n) is 33.2. The number of anilines is 1. The molecule has 9 unspecified atom stereocenters. The molecule has 0 aliphatic carbocycles. The van der Waals surface area contributed by atoms with Gasteiger partial charge in [-0.15, -0.1) is 35.1 Å². The van der Waals surface area contributed by atoms with Gasteiger partial charge in [-0.3, -0.25) is 44.0 Å². The molecule has 0 aromatic carbocycles. The van der Waals surface area contributed by atoms with Crippen LogP contribution < -0.4 is 77.8 Å². The minimum absolute atomic E-state index is 0. The molecule has 2 saturated heterocycles. The summed E-state index contributed by atoms with van der Waals surface area (Å²) >= 11 is 2.44. The fraction of sp³-hybridized carbons (Fsp3) is 0.617. The Kier molecular flexibility index (Phi) is 34.9. The van der Waals surface area contributed by atoms with E-state index in [4.69, 9.17) is 75.0 Å². The summed E-state index contributed by atoms with van der Waals surface area (Å²) in [7, 11) is 0. The number of imidazole rings is 1. The molecule has 4 aromatic rings. The third-order valence-electron chi connectivity index (χ3n) is 16.9. The van der Waals surface area contributed by atoms with Crippen LogP contribution in [-0.2, 0) is 54.1 Å². The first-order chi connectivity index (χ1) is 50.1. The van der Waals surface area contributed by atoms with Gasteiger partial charge < -0.3 is 152 Å². The van der Waals surface area contributed by atoms with Gasteiger partial charge in [-0.1, -0.05) is 6.92 Å². The van der Waals surface area contributed by atoms with Crippen LogP contribution in [0.15, 0.2) is 28.3 Å². The number of carbonyl (C=O) groups is 8. The summed E-state index contributed by atoms with van der Waals surface area (Å²) in [6.45, 7) is 4.43. The van der Waals surface area contributed by atoms with Crippen molar-refractivity contribution in [1.29, 1.82) is 5.41 Å². The molecule has 2 aliphatic heterocycles. The van der Waals surface area contributed by atoms with Crippen molar-refractivity contribution < 1.29 is 103 Å². The van der Waals surface area contributed by atoms with Gasteiger partial charge in [0.2, 0.25) is 29.5 Å². The van der Waals surface area contributed by atoms with Crippen molar-refractivity contribution in [2.45, 2.75) is 176 Å². The number of nitrogens with two attached hydrogens (primary N) is 8. The average molecular weight is 1580 g/mol. The number of nitrogens with one attached hydrogen (secondary N) is 8. The fourth-order valence-corrected chi connectivity index (χ4v) is 12.5. The van der Waals surface area contributed by atoms with Crippen molar-refractivity contribution in [2.24, 2.45) is 51.0 Å². The maximum atomic E-state index is 15.2. The van der Waals surface area contributed by atoms with Crippen LogP contribution in [0.1, 0.15) is 108 Å². The van der Waals surface area contributed by atoms with Crippen LogP contribution in [0, 0.1) is 18.3 Å². The lowest BCUT2D eigenvalue weighted by molar-refractivity contribution is -0.372. The number of H-pyrrole nitrogens is 1. The van der Waals surface area contributed by atoms with Crippen LogP contribution in [0.25, 0.3) is 10.7 Å². The molecular formula is C60H96ClN23O21S2. The number of rotatable bonds is 41. The van der Waals surface area contributed by atoms with Gasteiger partial charge in [0, 0.05) is 68.4 Å². The van der Waals surface area contributed by atoms with Crippen LogP contribution in [0.5, 0.6) is 0 Å². The first kappa shape index (κ1) is 88.8. The van der Waals surface area contributed by atoms with E-state index in [0.717, 1.165) is 18.9 Å². The second kappa shape index (κ2) is 42.1. The number of halogens is 1. The van der Waals surface area contributed by atoms with E-state index in [-0.39, 0.29) is 72.4 Å². The summed E-state index contributed by atoms with van der Waals surface area (Å²) in [6.07, 6.45) is -22.6. The largest absolute Gasteiger partial charge is 0.441 e. The maximum Gasteiger partial charge on any atom is 0.404 e. The zero-order valence-electron chi connectivity index (χ0n) is 58.5. The zero-order chi connectivity index (χ0) is 78.4. The van der Waals surface area contributed by atoms with Gasteiger partial charge in [0.05, 0.1) is 72.7 Å². The fourth-order valence-electron chi connectivity index (χ4n) is 10.8. The Bertz CT molecular complexity index is 3640. The molecule has 4 aromatic heterocycles. The van der Waals surface area contributed by atoms with Gasteiger partial charge in [-0.2, -0.15) is 0 Å². The summed E-state index contributed by atoms with van der Waals surface area (Å²) in [5.41, 5.74) is 44.4. The van der Waals surface area contributed by atoms with Gasteiger partial charge in [0.25, 0.3) is 11.8 Å². The van der Waals surface area contributed by atoms with Crippen molar-refractivity contribution in [1.82, 2.24) is 66.7 Å². The van der Waals surface area contributed by atoms with E-state index in [1.165, 1.54) is 50.4 Å². The summed E-state index contributed by atoms with van der Waals surface area (Å²) in [4.78, 5) is 137. The van der Waals surface area contributed by atoms with Crippen LogP contribution in [-0.4, -0.2) is 285 Å². The number of nitrogens with zero attached hydrogens (tertiary/aromatic N) is 7. The topological polar surface area (TPSA) is 745 Å². The second-order valence-corrected chi connectivity index (χ2v) is 26.7. The predicted octanol–water partition coefficient (Wildman–Crippen LogP) is -8.52. The number of unbranched alkanes of at least 4 members (excludes halogenated alkanes) is 2. The number of thiazole rings is 2. The van der Waals surface area contributed by atoms with E-state index in [0.29, 0.717) is 61.2 Å². The lowest BCUT2D eigenvalue weighted by Crippen LogP contribution is -2.65. The number of aliphatic hydroxyl groups is 8. The first-order valence-corrected chi connectivity index (χ1v) is 35.0. The van der Waals surface area contributed by atoms with Crippen LogP contribution in [0.2, 0.25) is 0 Å². The number of guanidine groups is 2. The highest BCUT2D eigenvalue weighted by molar-refractivity contribution is 7.14. The molecule has 2 aliphatic rings. The molecule has 0 saturated carbocycles. The monoisotopic (exact) mass is 1570 g/mol. The minimum atomic E-state index is -2.21. The number of hydrogen-bond donors (Lipinski definition) is 24. The molecule has 32 N–H and O–H groups in total. The van der Waals surface area contributed by atoms with Crippen molar-refractivity contribution in [2.75, 3.05) is 58.2 Å².